The fraction of sp³-hybridized carbons (Fsp3) is 0.364. The molecule has 1 aromatic heterocycles. The Morgan fingerprint density at radius 3 is 1.40 bits per heavy atom. The van der Waals surface area contributed by atoms with E-state index in [0.717, 1.165) is 21.1 Å². The van der Waals surface area contributed by atoms with Crippen molar-refractivity contribution in [1.29, 1.82) is 0 Å². The lowest BCUT2D eigenvalue weighted by Crippen LogP contribution is -2.10. The summed E-state index contributed by atoms with van der Waals surface area (Å²) in [6, 6.07) is 17.3. The molecule has 3 rings (SSSR count). The quantitative estimate of drug-likeness (QED) is 0.529. The zero-order chi connectivity index (χ0) is 18.2. The number of benzene rings is 2. The maximum atomic E-state index is 4.45. The van der Waals surface area contributed by atoms with Crippen molar-refractivity contribution in [2.75, 3.05) is 0 Å². The molecule has 0 unspecified atom stereocenters. The van der Waals surface area contributed by atoms with Gasteiger partial charge in [0.2, 0.25) is 0 Å². The smallest absolute Gasteiger partial charge is 0.138 e. The summed E-state index contributed by atoms with van der Waals surface area (Å²) >= 11 is 1.66. The van der Waals surface area contributed by atoms with Crippen molar-refractivity contribution in [1.82, 2.24) is 10.2 Å². The van der Waals surface area contributed by atoms with Crippen LogP contribution in [-0.4, -0.2) is 10.2 Å². The van der Waals surface area contributed by atoms with Crippen LogP contribution in [0.5, 0.6) is 0 Å². The van der Waals surface area contributed by atoms with E-state index in [2.05, 4.69) is 100 Å². The SMILES string of the molecule is CC(C)(C)c1cccc(-c2nnc(-c3cccc(C(C)(C)C)c3)s2)c1. The highest BCUT2D eigenvalue weighted by Crippen LogP contribution is 2.34. The lowest BCUT2D eigenvalue weighted by molar-refractivity contribution is 0.590. The van der Waals surface area contributed by atoms with Crippen LogP contribution in [-0.2, 0) is 10.8 Å². The molecule has 0 atom stereocenters. The Balaban J connectivity index is 1.96. The van der Waals surface area contributed by atoms with Crippen molar-refractivity contribution in [2.24, 2.45) is 0 Å². The highest BCUT2D eigenvalue weighted by atomic mass is 32.1. The minimum atomic E-state index is 0.130. The summed E-state index contributed by atoms with van der Waals surface area (Å²) in [6.07, 6.45) is 0. The number of nitrogens with zero attached hydrogens (tertiary/aromatic N) is 2. The van der Waals surface area contributed by atoms with Crippen LogP contribution >= 0.6 is 11.3 Å². The molecule has 3 aromatic rings. The molecular formula is C22H26N2S. The predicted octanol–water partition coefficient (Wildman–Crippen LogP) is 6.47. The van der Waals surface area contributed by atoms with E-state index in [1.54, 1.807) is 11.3 Å². The van der Waals surface area contributed by atoms with Gasteiger partial charge in [-0.05, 0) is 34.1 Å². The third-order valence-electron chi connectivity index (χ3n) is 4.38. The summed E-state index contributed by atoms with van der Waals surface area (Å²) in [5.41, 5.74) is 5.18. The number of aromatic nitrogens is 2. The molecule has 25 heavy (non-hydrogen) atoms. The number of hydrogen-bond donors (Lipinski definition) is 0. The molecular weight excluding hydrogens is 324 g/mol. The van der Waals surface area contributed by atoms with Crippen molar-refractivity contribution < 1.29 is 0 Å². The topological polar surface area (TPSA) is 25.8 Å². The van der Waals surface area contributed by atoms with Crippen LogP contribution in [0.2, 0.25) is 0 Å². The minimum Gasteiger partial charge on any atom is -0.138 e. The Kier molecular flexibility index (Phi) is 4.54. The molecule has 3 heteroatoms. The lowest BCUT2D eigenvalue weighted by Gasteiger charge is -2.19. The van der Waals surface area contributed by atoms with E-state index in [4.69, 9.17) is 0 Å². The molecule has 130 valence electrons. The van der Waals surface area contributed by atoms with E-state index in [9.17, 15) is 0 Å². The normalized spacial score (nSPS) is 12.4. The van der Waals surface area contributed by atoms with Crippen molar-refractivity contribution >= 4 is 11.3 Å². The van der Waals surface area contributed by atoms with Crippen LogP contribution in [0, 0.1) is 0 Å². The van der Waals surface area contributed by atoms with Gasteiger partial charge < -0.3 is 0 Å². The predicted molar refractivity (Wildman–Crippen MR) is 108 cm³/mol. The van der Waals surface area contributed by atoms with Crippen LogP contribution < -0.4 is 0 Å². The van der Waals surface area contributed by atoms with E-state index in [-0.39, 0.29) is 10.8 Å². The Labute approximate surface area is 155 Å². The molecule has 2 nitrogen and oxygen atoms in total. The molecule has 0 aliphatic rings. The maximum Gasteiger partial charge on any atom is 0.148 e. The summed E-state index contributed by atoms with van der Waals surface area (Å²) in [5, 5.41) is 10.8. The Bertz CT molecular complexity index is 807. The van der Waals surface area contributed by atoms with E-state index in [0.29, 0.717) is 0 Å². The first kappa shape index (κ1) is 17.8. The second-order valence-corrected chi connectivity index (χ2v) is 9.55. The van der Waals surface area contributed by atoms with Gasteiger partial charge in [0.25, 0.3) is 0 Å². The summed E-state index contributed by atoms with van der Waals surface area (Å²) in [4.78, 5) is 0. The third-order valence-corrected chi connectivity index (χ3v) is 5.40. The van der Waals surface area contributed by atoms with Crippen molar-refractivity contribution in [3.05, 3.63) is 59.7 Å². The van der Waals surface area contributed by atoms with Crippen molar-refractivity contribution in [2.45, 2.75) is 52.4 Å². The average Bonchev–Trinajstić information content (AvgIpc) is 3.04. The van der Waals surface area contributed by atoms with Crippen LogP contribution in [0.1, 0.15) is 52.7 Å². The molecule has 0 aliphatic heterocycles. The zero-order valence-corrected chi connectivity index (χ0v) is 16.7. The van der Waals surface area contributed by atoms with Gasteiger partial charge in [-0.25, -0.2) is 0 Å². The second-order valence-electron chi connectivity index (χ2n) is 8.57. The summed E-state index contributed by atoms with van der Waals surface area (Å²) < 4.78 is 0. The highest BCUT2D eigenvalue weighted by molar-refractivity contribution is 7.17. The van der Waals surface area contributed by atoms with Crippen molar-refractivity contribution in [3.8, 4) is 21.1 Å². The van der Waals surface area contributed by atoms with E-state index in [1.807, 2.05) is 0 Å². The monoisotopic (exact) mass is 350 g/mol. The molecule has 1 heterocycles. The standard InChI is InChI=1S/C22H26N2S/c1-21(2,3)17-11-7-9-15(13-17)19-23-24-20(25-19)16-10-8-12-18(14-16)22(4,5)6/h7-14H,1-6H3. The molecule has 2 aromatic carbocycles. The fourth-order valence-electron chi connectivity index (χ4n) is 2.69. The van der Waals surface area contributed by atoms with Gasteiger partial charge in [0.05, 0.1) is 0 Å². The largest absolute Gasteiger partial charge is 0.148 e. The van der Waals surface area contributed by atoms with Crippen LogP contribution in [0.25, 0.3) is 21.1 Å². The zero-order valence-electron chi connectivity index (χ0n) is 15.9. The van der Waals surface area contributed by atoms with Crippen LogP contribution in [0.3, 0.4) is 0 Å². The first-order chi connectivity index (χ1) is 11.6. The first-order valence-electron chi connectivity index (χ1n) is 8.70. The highest BCUT2D eigenvalue weighted by Gasteiger charge is 2.17. The minimum absolute atomic E-state index is 0.130. The molecule has 0 bridgehead atoms. The van der Waals surface area contributed by atoms with Gasteiger partial charge in [-0.2, -0.15) is 0 Å². The van der Waals surface area contributed by atoms with Gasteiger partial charge in [-0.3, -0.25) is 0 Å². The second kappa shape index (κ2) is 6.38. The Hall–Kier alpha value is -2.00. The van der Waals surface area contributed by atoms with Gasteiger partial charge in [0.1, 0.15) is 10.0 Å². The molecule has 0 radical (unpaired) electrons. The molecule has 0 saturated carbocycles. The molecule has 0 N–H and O–H groups in total. The first-order valence-corrected chi connectivity index (χ1v) is 9.51. The maximum absolute atomic E-state index is 4.45. The third kappa shape index (κ3) is 3.98. The summed E-state index contributed by atoms with van der Waals surface area (Å²) in [7, 11) is 0. The van der Waals surface area contributed by atoms with Crippen LogP contribution in [0.15, 0.2) is 48.5 Å². The summed E-state index contributed by atoms with van der Waals surface area (Å²) in [5.74, 6) is 0. The van der Waals surface area contributed by atoms with Crippen molar-refractivity contribution in [3.63, 3.8) is 0 Å². The van der Waals surface area contributed by atoms with E-state index < -0.39 is 0 Å². The summed E-state index contributed by atoms with van der Waals surface area (Å²) in [6.45, 7) is 13.4. The van der Waals surface area contributed by atoms with Gasteiger partial charge in [-0.15, -0.1) is 10.2 Å². The molecule has 0 saturated heterocycles. The molecule has 0 aliphatic carbocycles. The van der Waals surface area contributed by atoms with Gasteiger partial charge in [0, 0.05) is 11.1 Å². The van der Waals surface area contributed by atoms with Gasteiger partial charge in [-0.1, -0.05) is 89.3 Å². The Morgan fingerprint density at radius 1 is 0.640 bits per heavy atom. The number of rotatable bonds is 2. The Morgan fingerprint density at radius 2 is 1.04 bits per heavy atom. The van der Waals surface area contributed by atoms with Gasteiger partial charge >= 0.3 is 0 Å². The molecule has 0 amide bonds. The van der Waals surface area contributed by atoms with Crippen LogP contribution in [0.4, 0.5) is 0 Å². The fourth-order valence-corrected chi connectivity index (χ4v) is 3.53. The van der Waals surface area contributed by atoms with E-state index in [1.165, 1.54) is 11.1 Å². The van der Waals surface area contributed by atoms with Gasteiger partial charge in [0.15, 0.2) is 0 Å². The lowest BCUT2D eigenvalue weighted by atomic mass is 9.86. The molecule has 0 fully saturated rings. The molecule has 0 spiro atoms. The average molecular weight is 351 g/mol. The van der Waals surface area contributed by atoms with E-state index >= 15 is 0 Å². The number of hydrogen-bond acceptors (Lipinski definition) is 3.